The number of thiophene rings is 1. The van der Waals surface area contributed by atoms with E-state index in [0.717, 1.165) is 6.07 Å². The zero-order valence-electron chi connectivity index (χ0n) is 14.9. The summed E-state index contributed by atoms with van der Waals surface area (Å²) < 4.78 is 26.9. The summed E-state index contributed by atoms with van der Waals surface area (Å²) in [5.41, 5.74) is -0.274. The third-order valence-corrected chi connectivity index (χ3v) is 5.96. The SMILES string of the molecule is CN=C(NCCNS(=O)(=O)c1cccc([N+](=O)[O-])c1)NCc1ccc(C)s1. The molecule has 0 radical (unpaired) electrons. The molecule has 3 N–H and O–H groups in total. The Morgan fingerprint density at radius 2 is 2.00 bits per heavy atom. The lowest BCUT2D eigenvalue weighted by molar-refractivity contribution is -0.385. The van der Waals surface area contributed by atoms with Crippen molar-refractivity contribution in [2.75, 3.05) is 20.1 Å². The van der Waals surface area contributed by atoms with Crippen LogP contribution in [-0.2, 0) is 16.6 Å². The fourth-order valence-electron chi connectivity index (χ4n) is 2.19. The summed E-state index contributed by atoms with van der Waals surface area (Å²) in [6, 6.07) is 8.99. The van der Waals surface area contributed by atoms with E-state index < -0.39 is 14.9 Å². The molecule has 0 aliphatic heterocycles. The monoisotopic (exact) mass is 411 g/mol. The van der Waals surface area contributed by atoms with E-state index in [9.17, 15) is 18.5 Å². The number of nitrogens with zero attached hydrogens (tertiary/aromatic N) is 2. The van der Waals surface area contributed by atoms with Gasteiger partial charge in [-0.25, -0.2) is 13.1 Å². The summed E-state index contributed by atoms with van der Waals surface area (Å²) in [4.78, 5) is 16.5. The lowest BCUT2D eigenvalue weighted by Gasteiger charge is -2.12. The molecule has 0 amide bonds. The summed E-state index contributed by atoms with van der Waals surface area (Å²) in [5, 5.41) is 16.9. The van der Waals surface area contributed by atoms with E-state index in [2.05, 4.69) is 20.3 Å². The number of guanidine groups is 1. The van der Waals surface area contributed by atoms with Crippen molar-refractivity contribution in [2.24, 2.45) is 4.99 Å². The molecule has 1 heterocycles. The normalized spacial score (nSPS) is 12.0. The van der Waals surface area contributed by atoms with E-state index in [1.807, 2.05) is 19.1 Å². The molecule has 0 fully saturated rings. The van der Waals surface area contributed by atoms with Crippen molar-refractivity contribution >= 4 is 33.0 Å². The van der Waals surface area contributed by atoms with E-state index in [-0.39, 0.29) is 17.1 Å². The molecule has 0 spiro atoms. The van der Waals surface area contributed by atoms with E-state index in [0.29, 0.717) is 19.0 Å². The average Bonchev–Trinajstić information content (AvgIpc) is 3.06. The number of nitro groups is 1. The second kappa shape index (κ2) is 9.44. The zero-order chi connectivity index (χ0) is 19.9. The van der Waals surface area contributed by atoms with Gasteiger partial charge < -0.3 is 10.6 Å². The minimum absolute atomic E-state index is 0.101. The molecule has 0 saturated carbocycles. The van der Waals surface area contributed by atoms with Crippen molar-refractivity contribution in [3.05, 3.63) is 56.3 Å². The average molecular weight is 412 g/mol. The first kappa shape index (κ1) is 20.8. The van der Waals surface area contributed by atoms with Crippen LogP contribution in [0, 0.1) is 17.0 Å². The van der Waals surface area contributed by atoms with Crippen molar-refractivity contribution in [3.8, 4) is 0 Å². The Morgan fingerprint density at radius 3 is 2.63 bits per heavy atom. The number of sulfonamides is 1. The standard InChI is InChI=1S/C16H21N5O4S2/c1-12-6-7-14(26-12)11-19-16(17-2)18-8-9-20-27(24,25)15-5-3-4-13(10-15)21(22)23/h3-7,10,20H,8-9,11H2,1-2H3,(H2,17,18,19). The Bertz CT molecular complexity index is 924. The van der Waals surface area contributed by atoms with Gasteiger partial charge in [-0.1, -0.05) is 6.07 Å². The molecule has 9 nitrogen and oxygen atoms in total. The quantitative estimate of drug-likeness (QED) is 0.199. The number of aryl methyl sites for hydroxylation is 1. The number of rotatable bonds is 8. The van der Waals surface area contributed by atoms with Crippen molar-refractivity contribution in [1.29, 1.82) is 0 Å². The molecule has 0 atom stereocenters. The van der Waals surface area contributed by atoms with Crippen molar-refractivity contribution in [3.63, 3.8) is 0 Å². The molecule has 146 valence electrons. The highest BCUT2D eigenvalue weighted by molar-refractivity contribution is 7.89. The van der Waals surface area contributed by atoms with Crippen molar-refractivity contribution < 1.29 is 13.3 Å². The Hall–Kier alpha value is -2.50. The van der Waals surface area contributed by atoms with Crippen LogP contribution in [0.3, 0.4) is 0 Å². The largest absolute Gasteiger partial charge is 0.355 e. The first-order chi connectivity index (χ1) is 12.8. The molecule has 27 heavy (non-hydrogen) atoms. The Kier molecular flexibility index (Phi) is 7.28. The van der Waals surface area contributed by atoms with Crippen molar-refractivity contribution in [1.82, 2.24) is 15.4 Å². The summed E-state index contributed by atoms with van der Waals surface area (Å²) in [6.45, 7) is 3.06. The maximum absolute atomic E-state index is 12.2. The highest BCUT2D eigenvalue weighted by Gasteiger charge is 2.17. The van der Waals surface area contributed by atoms with Crippen LogP contribution in [0.4, 0.5) is 5.69 Å². The van der Waals surface area contributed by atoms with Gasteiger partial charge in [0, 0.05) is 42.0 Å². The van der Waals surface area contributed by atoms with Gasteiger partial charge in [-0.3, -0.25) is 15.1 Å². The molecule has 0 aliphatic carbocycles. The van der Waals surface area contributed by atoms with Gasteiger partial charge in [0.25, 0.3) is 5.69 Å². The topological polar surface area (TPSA) is 126 Å². The smallest absolute Gasteiger partial charge is 0.270 e. The van der Waals surface area contributed by atoms with Gasteiger partial charge in [-0.15, -0.1) is 11.3 Å². The number of hydrogen-bond donors (Lipinski definition) is 3. The first-order valence-electron chi connectivity index (χ1n) is 8.06. The molecule has 0 saturated heterocycles. The highest BCUT2D eigenvalue weighted by Crippen LogP contribution is 2.17. The second-order valence-electron chi connectivity index (χ2n) is 5.52. The number of aliphatic imine (C=N–C) groups is 1. The van der Waals surface area contributed by atoms with E-state index in [1.54, 1.807) is 18.4 Å². The van der Waals surface area contributed by atoms with Crippen LogP contribution in [0.25, 0.3) is 0 Å². The molecule has 0 unspecified atom stereocenters. The fraction of sp³-hybridized carbons (Fsp3) is 0.312. The molecular formula is C16H21N5O4S2. The minimum Gasteiger partial charge on any atom is -0.355 e. The predicted octanol–water partition coefficient (Wildman–Crippen LogP) is 1.61. The summed E-state index contributed by atoms with van der Waals surface area (Å²) in [5.74, 6) is 0.551. The van der Waals surface area contributed by atoms with Gasteiger partial charge in [0.2, 0.25) is 10.0 Å². The molecule has 0 aliphatic rings. The molecule has 11 heteroatoms. The Labute approximate surface area is 161 Å². The lowest BCUT2D eigenvalue weighted by Crippen LogP contribution is -2.41. The van der Waals surface area contributed by atoms with Gasteiger partial charge in [-0.2, -0.15) is 0 Å². The predicted molar refractivity (Wildman–Crippen MR) is 106 cm³/mol. The van der Waals surface area contributed by atoms with Gasteiger partial charge in [-0.05, 0) is 25.1 Å². The number of benzene rings is 1. The molecule has 1 aromatic heterocycles. The van der Waals surface area contributed by atoms with Crippen LogP contribution < -0.4 is 15.4 Å². The number of nitrogens with one attached hydrogen (secondary N) is 3. The van der Waals surface area contributed by atoms with E-state index in [4.69, 9.17) is 0 Å². The van der Waals surface area contributed by atoms with Crippen LogP contribution in [0.2, 0.25) is 0 Å². The summed E-state index contributed by atoms with van der Waals surface area (Å²) in [7, 11) is -2.20. The molecular weight excluding hydrogens is 390 g/mol. The fourth-order valence-corrected chi connectivity index (χ4v) is 4.09. The van der Waals surface area contributed by atoms with Crippen molar-refractivity contribution in [2.45, 2.75) is 18.4 Å². The molecule has 2 rings (SSSR count). The van der Waals surface area contributed by atoms with Crippen LogP contribution in [0.15, 0.2) is 46.3 Å². The highest BCUT2D eigenvalue weighted by atomic mass is 32.2. The second-order valence-corrected chi connectivity index (χ2v) is 8.66. The van der Waals surface area contributed by atoms with E-state index >= 15 is 0 Å². The molecule has 1 aromatic carbocycles. The number of non-ortho nitro benzene ring substituents is 1. The first-order valence-corrected chi connectivity index (χ1v) is 10.4. The molecule has 2 aromatic rings. The van der Waals surface area contributed by atoms with Gasteiger partial charge in [0.05, 0.1) is 16.4 Å². The zero-order valence-corrected chi connectivity index (χ0v) is 16.6. The van der Waals surface area contributed by atoms with Crippen LogP contribution >= 0.6 is 11.3 Å². The maximum atomic E-state index is 12.2. The number of nitro benzene ring substituents is 1. The Morgan fingerprint density at radius 1 is 1.22 bits per heavy atom. The summed E-state index contributed by atoms with van der Waals surface area (Å²) in [6.07, 6.45) is 0. The number of hydrogen-bond acceptors (Lipinski definition) is 6. The van der Waals surface area contributed by atoms with E-state index in [1.165, 1.54) is 28.0 Å². The minimum atomic E-state index is -3.83. The van der Waals surface area contributed by atoms with Gasteiger partial charge in [0.15, 0.2) is 5.96 Å². The van der Waals surface area contributed by atoms with Crippen LogP contribution in [0.5, 0.6) is 0 Å². The third kappa shape index (κ3) is 6.31. The van der Waals surface area contributed by atoms with Crippen LogP contribution in [0.1, 0.15) is 9.75 Å². The maximum Gasteiger partial charge on any atom is 0.270 e. The Balaban J connectivity index is 1.82. The van der Waals surface area contributed by atoms with Crippen LogP contribution in [-0.4, -0.2) is 39.4 Å². The van der Waals surface area contributed by atoms with Gasteiger partial charge in [0.1, 0.15) is 0 Å². The summed E-state index contributed by atoms with van der Waals surface area (Å²) >= 11 is 1.69. The lowest BCUT2D eigenvalue weighted by atomic mass is 10.3. The van der Waals surface area contributed by atoms with Gasteiger partial charge >= 0.3 is 0 Å². The third-order valence-electron chi connectivity index (χ3n) is 3.50. The molecule has 0 bridgehead atoms.